The number of benzene rings is 1. The second-order valence-electron chi connectivity index (χ2n) is 6.27. The summed E-state index contributed by atoms with van der Waals surface area (Å²) >= 11 is 0. The molecule has 2 aliphatic heterocycles. The number of amides is 1. The Balaban J connectivity index is 1.50. The van der Waals surface area contributed by atoms with Gasteiger partial charge in [0, 0.05) is 38.1 Å². The lowest BCUT2D eigenvalue weighted by molar-refractivity contribution is -0.128. The minimum Gasteiger partial charge on any atom is -0.486 e. The molecule has 7 heteroatoms. The number of rotatable bonds is 5. The SMILES string of the molecule is COCCN1CC(c2ncc(-c3ccc4c(c3)OCCO4)[nH]2)CC1=O. The van der Waals surface area contributed by atoms with Crippen LogP contribution in [0.5, 0.6) is 11.5 Å². The molecule has 0 saturated carbocycles. The maximum atomic E-state index is 12.1. The number of aromatic nitrogens is 2. The quantitative estimate of drug-likeness (QED) is 0.896. The van der Waals surface area contributed by atoms with Gasteiger partial charge >= 0.3 is 0 Å². The van der Waals surface area contributed by atoms with Gasteiger partial charge in [-0.05, 0) is 18.2 Å². The topological polar surface area (TPSA) is 76.7 Å². The van der Waals surface area contributed by atoms with Crippen LogP contribution >= 0.6 is 0 Å². The summed E-state index contributed by atoms with van der Waals surface area (Å²) in [5.74, 6) is 2.61. The second-order valence-corrected chi connectivity index (χ2v) is 6.27. The Morgan fingerprint density at radius 2 is 2.16 bits per heavy atom. The Morgan fingerprint density at radius 3 is 3.00 bits per heavy atom. The van der Waals surface area contributed by atoms with E-state index in [-0.39, 0.29) is 11.8 Å². The molecule has 1 saturated heterocycles. The van der Waals surface area contributed by atoms with Crippen LogP contribution in [0.2, 0.25) is 0 Å². The first-order valence-electron chi connectivity index (χ1n) is 8.46. The Hall–Kier alpha value is -2.54. The van der Waals surface area contributed by atoms with Crippen LogP contribution < -0.4 is 9.47 Å². The molecule has 1 unspecified atom stereocenters. The van der Waals surface area contributed by atoms with Crippen LogP contribution in [-0.2, 0) is 9.53 Å². The zero-order valence-electron chi connectivity index (χ0n) is 14.2. The molecule has 1 N–H and O–H groups in total. The Bertz CT molecular complexity index is 773. The summed E-state index contributed by atoms with van der Waals surface area (Å²) in [6.45, 7) is 3.00. The van der Waals surface area contributed by atoms with E-state index < -0.39 is 0 Å². The summed E-state index contributed by atoms with van der Waals surface area (Å²) in [5.41, 5.74) is 1.90. The molecule has 2 aliphatic rings. The highest BCUT2D eigenvalue weighted by atomic mass is 16.6. The summed E-state index contributed by atoms with van der Waals surface area (Å²) < 4.78 is 16.2. The first-order chi connectivity index (χ1) is 12.2. The minimum absolute atomic E-state index is 0.0929. The van der Waals surface area contributed by atoms with E-state index in [2.05, 4.69) is 9.97 Å². The van der Waals surface area contributed by atoms with Gasteiger partial charge in [-0.2, -0.15) is 0 Å². The van der Waals surface area contributed by atoms with E-state index in [4.69, 9.17) is 14.2 Å². The maximum absolute atomic E-state index is 12.1. The molecule has 1 aromatic heterocycles. The molecular weight excluding hydrogens is 322 g/mol. The number of methoxy groups -OCH3 is 1. The number of nitrogens with one attached hydrogen (secondary N) is 1. The third kappa shape index (κ3) is 3.19. The average molecular weight is 343 g/mol. The molecule has 1 atom stereocenters. The fraction of sp³-hybridized carbons (Fsp3) is 0.444. The molecule has 0 radical (unpaired) electrons. The van der Waals surface area contributed by atoms with E-state index in [1.165, 1.54) is 0 Å². The van der Waals surface area contributed by atoms with E-state index in [0.29, 0.717) is 39.3 Å². The van der Waals surface area contributed by atoms with Gasteiger partial charge in [0.2, 0.25) is 5.91 Å². The normalized spacial score (nSPS) is 19.5. The first-order valence-corrected chi connectivity index (χ1v) is 8.46. The highest BCUT2D eigenvalue weighted by molar-refractivity contribution is 5.79. The van der Waals surface area contributed by atoms with E-state index in [1.807, 2.05) is 29.3 Å². The first kappa shape index (κ1) is 16.0. The Morgan fingerprint density at radius 1 is 1.32 bits per heavy atom. The van der Waals surface area contributed by atoms with Crippen LogP contribution in [0.25, 0.3) is 11.3 Å². The summed E-state index contributed by atoms with van der Waals surface area (Å²) in [6, 6.07) is 5.85. The van der Waals surface area contributed by atoms with Crippen LogP contribution in [0.4, 0.5) is 0 Å². The summed E-state index contributed by atoms with van der Waals surface area (Å²) in [4.78, 5) is 21.8. The number of imidazole rings is 1. The molecule has 132 valence electrons. The summed E-state index contributed by atoms with van der Waals surface area (Å²) in [7, 11) is 1.64. The van der Waals surface area contributed by atoms with Crippen LogP contribution in [0.1, 0.15) is 18.2 Å². The molecule has 1 aromatic carbocycles. The molecule has 2 aromatic rings. The van der Waals surface area contributed by atoms with Gasteiger partial charge in [-0.25, -0.2) is 4.98 Å². The number of hydrogen-bond donors (Lipinski definition) is 1. The lowest BCUT2D eigenvalue weighted by atomic mass is 10.1. The Labute approximate surface area is 145 Å². The van der Waals surface area contributed by atoms with Crippen molar-refractivity contribution in [3.63, 3.8) is 0 Å². The van der Waals surface area contributed by atoms with Crippen molar-refractivity contribution in [3.8, 4) is 22.8 Å². The van der Waals surface area contributed by atoms with Crippen LogP contribution in [0, 0.1) is 0 Å². The van der Waals surface area contributed by atoms with E-state index in [0.717, 1.165) is 28.6 Å². The van der Waals surface area contributed by atoms with Crippen molar-refractivity contribution in [1.82, 2.24) is 14.9 Å². The standard InChI is InChI=1S/C18H21N3O4/c1-23-5-4-21-11-13(9-17(21)22)18-19-10-14(20-18)12-2-3-15-16(8-12)25-7-6-24-15/h2-3,8,10,13H,4-7,9,11H2,1H3,(H,19,20). The minimum atomic E-state index is 0.0929. The van der Waals surface area contributed by atoms with E-state index >= 15 is 0 Å². The number of ether oxygens (including phenoxy) is 3. The van der Waals surface area contributed by atoms with Gasteiger partial charge in [0.25, 0.3) is 0 Å². The second kappa shape index (κ2) is 6.76. The molecule has 25 heavy (non-hydrogen) atoms. The van der Waals surface area contributed by atoms with Crippen molar-refractivity contribution in [2.45, 2.75) is 12.3 Å². The van der Waals surface area contributed by atoms with Crippen molar-refractivity contribution in [2.75, 3.05) is 40.0 Å². The molecule has 1 amide bonds. The fourth-order valence-electron chi connectivity index (χ4n) is 3.27. The number of fused-ring (bicyclic) bond motifs is 1. The number of aromatic amines is 1. The molecule has 1 fully saturated rings. The van der Waals surface area contributed by atoms with E-state index in [1.54, 1.807) is 7.11 Å². The molecule has 0 spiro atoms. The zero-order chi connectivity index (χ0) is 17.2. The largest absolute Gasteiger partial charge is 0.486 e. The number of H-pyrrole nitrogens is 1. The van der Waals surface area contributed by atoms with Crippen LogP contribution in [0.3, 0.4) is 0 Å². The Kier molecular flexibility index (Phi) is 4.31. The third-order valence-corrected chi connectivity index (χ3v) is 4.62. The van der Waals surface area contributed by atoms with Gasteiger partial charge in [0.15, 0.2) is 11.5 Å². The van der Waals surface area contributed by atoms with Gasteiger partial charge in [-0.1, -0.05) is 0 Å². The van der Waals surface area contributed by atoms with Crippen molar-refractivity contribution in [3.05, 3.63) is 30.2 Å². The van der Waals surface area contributed by atoms with Gasteiger partial charge in [-0.3, -0.25) is 4.79 Å². The highest BCUT2D eigenvalue weighted by Gasteiger charge is 2.32. The number of nitrogens with zero attached hydrogens (tertiary/aromatic N) is 2. The van der Waals surface area contributed by atoms with Crippen LogP contribution in [0.15, 0.2) is 24.4 Å². The van der Waals surface area contributed by atoms with Gasteiger partial charge in [0.1, 0.15) is 19.0 Å². The number of likely N-dealkylation sites (tertiary alicyclic amines) is 1. The number of carbonyl (C=O) groups excluding carboxylic acids is 1. The molecule has 0 aliphatic carbocycles. The predicted molar refractivity (Wildman–Crippen MR) is 90.8 cm³/mol. The zero-order valence-corrected chi connectivity index (χ0v) is 14.2. The summed E-state index contributed by atoms with van der Waals surface area (Å²) in [6.07, 6.45) is 2.29. The van der Waals surface area contributed by atoms with Gasteiger partial charge in [-0.15, -0.1) is 0 Å². The van der Waals surface area contributed by atoms with Gasteiger partial charge < -0.3 is 24.1 Å². The molecule has 7 nitrogen and oxygen atoms in total. The lowest BCUT2D eigenvalue weighted by Crippen LogP contribution is -2.28. The van der Waals surface area contributed by atoms with Crippen molar-refractivity contribution >= 4 is 5.91 Å². The predicted octanol–water partition coefficient (Wildman–Crippen LogP) is 1.81. The van der Waals surface area contributed by atoms with Gasteiger partial charge in [0.05, 0.1) is 18.5 Å². The number of carbonyl (C=O) groups is 1. The lowest BCUT2D eigenvalue weighted by Gasteiger charge is -2.18. The summed E-state index contributed by atoms with van der Waals surface area (Å²) in [5, 5.41) is 0. The smallest absolute Gasteiger partial charge is 0.223 e. The maximum Gasteiger partial charge on any atom is 0.223 e. The third-order valence-electron chi connectivity index (χ3n) is 4.62. The molecular formula is C18H21N3O4. The van der Waals surface area contributed by atoms with Crippen molar-refractivity contribution < 1.29 is 19.0 Å². The van der Waals surface area contributed by atoms with E-state index in [9.17, 15) is 4.79 Å². The van der Waals surface area contributed by atoms with Crippen LogP contribution in [-0.4, -0.2) is 60.8 Å². The monoisotopic (exact) mass is 343 g/mol. The highest BCUT2D eigenvalue weighted by Crippen LogP contribution is 2.35. The average Bonchev–Trinajstić information content (AvgIpc) is 3.26. The molecule has 0 bridgehead atoms. The van der Waals surface area contributed by atoms with Crippen molar-refractivity contribution in [2.24, 2.45) is 0 Å². The van der Waals surface area contributed by atoms with Crippen molar-refractivity contribution in [1.29, 1.82) is 0 Å². The molecule has 3 heterocycles. The fourth-order valence-corrected chi connectivity index (χ4v) is 3.27. The molecule has 4 rings (SSSR count). The number of hydrogen-bond acceptors (Lipinski definition) is 5.